The molecule has 0 saturated carbocycles. The van der Waals surface area contributed by atoms with Gasteiger partial charge >= 0.3 is 5.76 Å². The zero-order valence-corrected chi connectivity index (χ0v) is 21.6. The molecule has 38 heavy (non-hydrogen) atoms. The summed E-state index contributed by atoms with van der Waals surface area (Å²) in [5, 5.41) is 3.85. The maximum atomic E-state index is 13.8. The number of benzene rings is 3. The number of H-pyrrole nitrogens is 1. The van der Waals surface area contributed by atoms with Gasteiger partial charge in [0.2, 0.25) is 0 Å². The average molecular weight is 507 g/mol. The fourth-order valence-corrected chi connectivity index (χ4v) is 4.73. The van der Waals surface area contributed by atoms with Gasteiger partial charge in [0.1, 0.15) is 5.82 Å². The highest BCUT2D eigenvalue weighted by atomic mass is 16.5. The van der Waals surface area contributed by atoms with Crippen LogP contribution in [0.3, 0.4) is 0 Å². The van der Waals surface area contributed by atoms with E-state index in [0.29, 0.717) is 18.8 Å². The Morgan fingerprint density at radius 2 is 1.58 bits per heavy atom. The predicted octanol–water partition coefficient (Wildman–Crippen LogP) is 5.54. The second kappa shape index (κ2) is 11.3. The second-order valence-electron chi connectivity index (χ2n) is 9.43. The summed E-state index contributed by atoms with van der Waals surface area (Å²) in [5.74, 6) is 0.542. The van der Waals surface area contributed by atoms with E-state index >= 15 is 0 Å². The van der Waals surface area contributed by atoms with Gasteiger partial charge < -0.3 is 0 Å². The summed E-state index contributed by atoms with van der Waals surface area (Å²) in [7, 11) is 0. The lowest BCUT2D eigenvalue weighted by atomic mass is 9.96. The van der Waals surface area contributed by atoms with Crippen molar-refractivity contribution in [2.45, 2.75) is 46.1 Å². The SMILES string of the molecule is CCCCc1nc(C)n(Cc2ccccc2)c(=O)c1Cc1ccc(-c2ccccc2-c2noc(=O)[nH]2)cc1. The molecule has 0 fully saturated rings. The average Bonchev–Trinajstić information content (AvgIpc) is 3.38. The van der Waals surface area contributed by atoms with E-state index in [4.69, 9.17) is 9.51 Å². The van der Waals surface area contributed by atoms with E-state index in [-0.39, 0.29) is 5.56 Å². The Bertz CT molecular complexity index is 1650. The molecule has 0 amide bonds. The van der Waals surface area contributed by atoms with Crippen molar-refractivity contribution >= 4 is 0 Å². The third kappa shape index (κ3) is 5.42. The molecule has 0 unspecified atom stereocenters. The van der Waals surface area contributed by atoms with Gasteiger partial charge in [0.15, 0.2) is 5.82 Å². The van der Waals surface area contributed by atoms with Gasteiger partial charge in [0.05, 0.1) is 12.2 Å². The number of unbranched alkanes of at least 4 members (excludes halogenated alkanes) is 1. The number of hydrogen-bond acceptors (Lipinski definition) is 5. The summed E-state index contributed by atoms with van der Waals surface area (Å²) in [6.45, 7) is 4.56. The van der Waals surface area contributed by atoms with Crippen LogP contribution in [0.5, 0.6) is 0 Å². The predicted molar refractivity (Wildman–Crippen MR) is 148 cm³/mol. The van der Waals surface area contributed by atoms with Crippen molar-refractivity contribution in [2.24, 2.45) is 0 Å². The number of nitrogens with zero attached hydrogens (tertiary/aromatic N) is 3. The van der Waals surface area contributed by atoms with Crippen LogP contribution in [0.25, 0.3) is 22.5 Å². The Morgan fingerprint density at radius 1 is 0.868 bits per heavy atom. The van der Waals surface area contributed by atoms with Crippen LogP contribution < -0.4 is 11.3 Å². The molecule has 0 aliphatic rings. The monoisotopic (exact) mass is 506 g/mol. The van der Waals surface area contributed by atoms with Crippen LogP contribution >= 0.6 is 0 Å². The van der Waals surface area contributed by atoms with Gasteiger partial charge in [0, 0.05) is 17.5 Å². The summed E-state index contributed by atoms with van der Waals surface area (Å²) in [6, 6.07) is 25.9. The second-order valence-corrected chi connectivity index (χ2v) is 9.43. The van der Waals surface area contributed by atoms with Crippen LogP contribution in [0.2, 0.25) is 0 Å². The van der Waals surface area contributed by atoms with E-state index in [2.05, 4.69) is 17.1 Å². The van der Waals surface area contributed by atoms with Crippen LogP contribution in [0.4, 0.5) is 0 Å². The van der Waals surface area contributed by atoms with E-state index < -0.39 is 5.76 Å². The van der Waals surface area contributed by atoms with Gasteiger partial charge in [-0.1, -0.05) is 97.4 Å². The van der Waals surface area contributed by atoms with Gasteiger partial charge in [-0.2, -0.15) is 0 Å². The third-order valence-electron chi connectivity index (χ3n) is 6.76. The molecule has 0 radical (unpaired) electrons. The first-order chi connectivity index (χ1) is 18.5. The molecule has 0 atom stereocenters. The van der Waals surface area contributed by atoms with Gasteiger partial charge in [-0.25, -0.2) is 9.78 Å². The largest absolute Gasteiger partial charge is 0.439 e. The van der Waals surface area contributed by atoms with Gasteiger partial charge in [-0.15, -0.1) is 0 Å². The molecule has 2 heterocycles. The van der Waals surface area contributed by atoms with Crippen molar-refractivity contribution in [2.75, 3.05) is 0 Å². The van der Waals surface area contributed by atoms with E-state index in [1.54, 1.807) is 4.57 Å². The maximum Gasteiger partial charge on any atom is 0.439 e. The third-order valence-corrected chi connectivity index (χ3v) is 6.76. The van der Waals surface area contributed by atoms with E-state index in [9.17, 15) is 9.59 Å². The number of aryl methyl sites for hydroxylation is 2. The zero-order valence-electron chi connectivity index (χ0n) is 21.6. The molecule has 0 spiro atoms. The summed E-state index contributed by atoms with van der Waals surface area (Å²) in [5.41, 5.74) is 6.46. The highest BCUT2D eigenvalue weighted by molar-refractivity contribution is 5.80. The summed E-state index contributed by atoms with van der Waals surface area (Å²) in [4.78, 5) is 32.8. The van der Waals surface area contributed by atoms with Crippen LogP contribution in [-0.2, 0) is 19.4 Å². The normalized spacial score (nSPS) is 11.1. The highest BCUT2D eigenvalue weighted by Crippen LogP contribution is 2.30. The minimum atomic E-state index is -0.589. The van der Waals surface area contributed by atoms with Crippen molar-refractivity contribution in [1.82, 2.24) is 19.7 Å². The fraction of sp³-hybridized carbons (Fsp3) is 0.226. The Kier molecular flexibility index (Phi) is 7.45. The van der Waals surface area contributed by atoms with Gasteiger partial charge in [-0.3, -0.25) is 18.9 Å². The first-order valence-corrected chi connectivity index (χ1v) is 12.9. The van der Waals surface area contributed by atoms with Crippen molar-refractivity contribution in [1.29, 1.82) is 0 Å². The molecular formula is C31H30N4O3. The summed E-state index contributed by atoms with van der Waals surface area (Å²) in [6.07, 6.45) is 3.33. The zero-order chi connectivity index (χ0) is 26.5. The molecule has 7 heteroatoms. The van der Waals surface area contributed by atoms with Crippen molar-refractivity contribution in [3.63, 3.8) is 0 Å². The van der Waals surface area contributed by atoms with Crippen molar-refractivity contribution in [3.05, 3.63) is 128 Å². The van der Waals surface area contributed by atoms with Crippen LogP contribution in [0.15, 0.2) is 93.0 Å². The standard InChI is InChI=1S/C31H30N4O3/c1-3-4-14-28-27(30(36)35(21(2)32-28)20-23-10-6-5-7-11-23)19-22-15-17-24(18-16-22)25-12-8-9-13-26(25)29-33-31(37)38-34-29/h5-13,15-18H,3-4,14,19-20H2,1-2H3,(H,33,34,37). The smallest absolute Gasteiger partial charge is 0.296 e. The fourth-order valence-electron chi connectivity index (χ4n) is 4.73. The lowest BCUT2D eigenvalue weighted by Gasteiger charge is -2.16. The Hall–Kier alpha value is -4.52. The van der Waals surface area contributed by atoms with Gasteiger partial charge in [0.25, 0.3) is 5.56 Å². The number of nitrogens with one attached hydrogen (secondary N) is 1. The molecular weight excluding hydrogens is 476 g/mol. The van der Waals surface area contributed by atoms with E-state index in [1.807, 2.05) is 85.8 Å². The van der Waals surface area contributed by atoms with Crippen molar-refractivity contribution in [3.8, 4) is 22.5 Å². The van der Waals surface area contributed by atoms with Gasteiger partial charge in [-0.05, 0) is 42.0 Å². The number of aromatic nitrogens is 4. The first-order valence-electron chi connectivity index (χ1n) is 12.9. The molecule has 5 rings (SSSR count). The molecule has 7 nitrogen and oxygen atoms in total. The maximum absolute atomic E-state index is 13.8. The van der Waals surface area contributed by atoms with Crippen LogP contribution in [-0.4, -0.2) is 19.7 Å². The van der Waals surface area contributed by atoms with E-state index in [1.165, 1.54) is 0 Å². The number of hydrogen-bond donors (Lipinski definition) is 1. The molecule has 1 N–H and O–H groups in total. The lowest BCUT2D eigenvalue weighted by Crippen LogP contribution is -2.30. The van der Waals surface area contributed by atoms with E-state index in [0.717, 1.165) is 64.2 Å². The molecule has 5 aromatic rings. The molecule has 3 aromatic carbocycles. The van der Waals surface area contributed by atoms with Crippen molar-refractivity contribution < 1.29 is 4.52 Å². The topological polar surface area (TPSA) is 93.8 Å². The Labute approximate surface area is 220 Å². The molecule has 0 bridgehead atoms. The Balaban J connectivity index is 1.48. The minimum absolute atomic E-state index is 0.0249. The molecule has 0 aliphatic carbocycles. The molecule has 2 aromatic heterocycles. The highest BCUT2D eigenvalue weighted by Gasteiger charge is 2.16. The molecule has 0 aliphatic heterocycles. The Morgan fingerprint density at radius 3 is 2.26 bits per heavy atom. The molecule has 0 saturated heterocycles. The first kappa shape index (κ1) is 25.1. The number of rotatable bonds is 9. The lowest BCUT2D eigenvalue weighted by molar-refractivity contribution is 0.388. The quantitative estimate of drug-likeness (QED) is 0.283. The number of aromatic amines is 1. The van der Waals surface area contributed by atoms with Crippen LogP contribution in [0.1, 0.15) is 48.0 Å². The minimum Gasteiger partial charge on any atom is -0.296 e. The molecule has 192 valence electrons. The summed E-state index contributed by atoms with van der Waals surface area (Å²) < 4.78 is 6.48. The summed E-state index contributed by atoms with van der Waals surface area (Å²) >= 11 is 0. The van der Waals surface area contributed by atoms with Crippen LogP contribution in [0, 0.1) is 6.92 Å².